The van der Waals surface area contributed by atoms with Gasteiger partial charge in [0, 0.05) is 10.5 Å². The van der Waals surface area contributed by atoms with Crippen LogP contribution in [0.25, 0.3) is 22.5 Å². The van der Waals surface area contributed by atoms with Gasteiger partial charge in [-0.25, -0.2) is 23.1 Å². The van der Waals surface area contributed by atoms with Gasteiger partial charge in [0.2, 0.25) is 0 Å². The van der Waals surface area contributed by atoms with E-state index in [1.54, 1.807) is 6.26 Å². The molecule has 0 amide bonds. The lowest BCUT2D eigenvalue weighted by Crippen LogP contribution is -2.68. The van der Waals surface area contributed by atoms with Gasteiger partial charge in [0.1, 0.15) is 0 Å². The summed E-state index contributed by atoms with van der Waals surface area (Å²) in [6.07, 6.45) is 1.74. The zero-order valence-corrected chi connectivity index (χ0v) is 14.6. The molecule has 0 saturated carbocycles. The summed E-state index contributed by atoms with van der Waals surface area (Å²) in [6.45, 7) is 0. The maximum atomic E-state index is 8.49. The fourth-order valence-electron chi connectivity index (χ4n) is 1.98. The van der Waals surface area contributed by atoms with Gasteiger partial charge in [-0.05, 0) is 35.4 Å². The molecule has 1 aromatic heterocycles. The maximum absolute atomic E-state index is 8.49. The predicted octanol–water partition coefficient (Wildman–Crippen LogP) is 0.901. The quantitative estimate of drug-likeness (QED) is 0.583. The molecule has 7 heteroatoms. The Morgan fingerprint density at radius 3 is 1.88 bits per heavy atom. The summed E-state index contributed by atoms with van der Waals surface area (Å²) in [5.41, 5.74) is 3.41. The highest BCUT2D eigenvalue weighted by Crippen LogP contribution is 2.27. The first-order valence-corrected chi connectivity index (χ1v) is 8.70. The summed E-state index contributed by atoms with van der Waals surface area (Å²) < 4.78 is 40.6. The molecule has 0 radical (unpaired) electrons. The summed E-state index contributed by atoms with van der Waals surface area (Å²) in [5, 5.41) is 0. The molecule has 2 aromatic carbocycles. The molecule has 0 N–H and O–H groups in total. The summed E-state index contributed by atoms with van der Waals surface area (Å²) >= 11 is 3.45. The van der Waals surface area contributed by atoms with Crippen LogP contribution in [0.2, 0.25) is 0 Å². The Kier molecular flexibility index (Phi) is 6.44. The van der Waals surface area contributed by atoms with Crippen molar-refractivity contribution in [3.63, 3.8) is 0 Å². The van der Waals surface area contributed by atoms with Crippen LogP contribution in [0.1, 0.15) is 0 Å². The third-order valence-corrected chi connectivity index (χ3v) is 3.49. The van der Waals surface area contributed by atoms with Crippen LogP contribution in [0, 0.1) is 10.2 Å². The summed E-state index contributed by atoms with van der Waals surface area (Å²) in [5.74, 6) is 0.876. The van der Waals surface area contributed by atoms with Crippen LogP contribution in [0.15, 0.2) is 81.9 Å². The van der Waals surface area contributed by atoms with Gasteiger partial charge in [0.15, 0.2) is 0 Å². The Labute approximate surface area is 149 Å². The van der Waals surface area contributed by atoms with Crippen molar-refractivity contribution in [2.75, 3.05) is 0 Å². The number of hydrogen-bond acceptors (Lipinski definition) is 4. The van der Waals surface area contributed by atoms with Crippen molar-refractivity contribution in [3.05, 3.63) is 77.5 Å². The Morgan fingerprint density at radius 1 is 0.708 bits per heavy atom. The normalized spacial score (nSPS) is 10.7. The Hall–Kier alpha value is -1.80. The van der Waals surface area contributed by atoms with E-state index in [0.717, 1.165) is 21.4 Å². The maximum Gasteiger partial charge on any atom is 0.360 e. The largest absolute Gasteiger partial charge is 0.360 e. The minimum absolute atomic E-state index is 0.876. The van der Waals surface area contributed by atoms with Crippen molar-refractivity contribution in [1.29, 1.82) is 0 Å². The highest BCUT2D eigenvalue weighted by atomic mass is 79.9. The van der Waals surface area contributed by atoms with Crippen LogP contribution < -0.4 is 18.6 Å². The first-order valence-electron chi connectivity index (χ1n) is 6.68. The number of hydrogen-bond donors (Lipinski definition) is 0. The average molecular weight is 412 g/mol. The molecule has 0 aliphatic heterocycles. The third kappa shape index (κ3) is 6.37. The van der Waals surface area contributed by atoms with Gasteiger partial charge in [0.05, 0.1) is 11.6 Å². The van der Waals surface area contributed by atoms with Crippen molar-refractivity contribution in [2.45, 2.75) is 0 Å². The minimum atomic E-state index is -4.94. The zero-order valence-electron chi connectivity index (χ0n) is 12.2. The van der Waals surface area contributed by atoms with Gasteiger partial charge in [-0.2, -0.15) is 0 Å². The monoisotopic (exact) mass is 410 g/mol. The molecule has 124 valence electrons. The molecule has 1 heterocycles. The molecule has 0 aliphatic rings. The predicted molar refractivity (Wildman–Crippen MR) is 81.7 cm³/mol. The fourth-order valence-corrected chi connectivity index (χ4v) is 2.24. The van der Waals surface area contributed by atoms with Crippen LogP contribution in [0.4, 0.5) is 0 Å². The van der Waals surface area contributed by atoms with E-state index in [1.807, 2.05) is 48.5 Å². The molecule has 5 nitrogen and oxygen atoms in total. The number of rotatable bonds is 2. The van der Waals surface area contributed by atoms with Gasteiger partial charge in [-0.15, -0.1) is 10.2 Å². The molecule has 24 heavy (non-hydrogen) atoms. The molecule has 0 saturated heterocycles. The van der Waals surface area contributed by atoms with E-state index in [-0.39, 0.29) is 0 Å². The molecule has 0 spiro atoms. The summed E-state index contributed by atoms with van der Waals surface area (Å²) in [4.78, 5) is 0. The van der Waals surface area contributed by atoms with Crippen LogP contribution in [0.3, 0.4) is 0 Å². The Morgan fingerprint density at radius 2 is 1.29 bits per heavy atom. The lowest BCUT2D eigenvalue weighted by molar-refractivity contribution is -2.00. The molecular weight excluding hydrogens is 400 g/mol. The van der Waals surface area contributed by atoms with E-state index >= 15 is 0 Å². The van der Waals surface area contributed by atoms with Crippen LogP contribution in [-0.4, -0.2) is 0 Å². The molecule has 0 atom stereocenters. The van der Waals surface area contributed by atoms with Crippen molar-refractivity contribution in [1.82, 2.24) is 0 Å². The van der Waals surface area contributed by atoms with Gasteiger partial charge in [-0.3, -0.25) is 0 Å². The van der Waals surface area contributed by atoms with Crippen LogP contribution in [-0.2, 0) is 0 Å². The fraction of sp³-hybridized carbons (Fsp3) is 0. The van der Waals surface area contributed by atoms with Crippen LogP contribution in [0.5, 0.6) is 0 Å². The minimum Gasteiger partial charge on any atom is -0.222 e. The number of halogens is 2. The lowest BCUT2D eigenvalue weighted by atomic mass is 10.0. The second-order valence-corrected chi connectivity index (χ2v) is 6.31. The third-order valence-electron chi connectivity index (χ3n) is 2.97. The second-order valence-electron chi connectivity index (χ2n) is 4.64. The van der Waals surface area contributed by atoms with E-state index in [1.165, 1.54) is 5.56 Å². The smallest absolute Gasteiger partial charge is 0.222 e. The molecule has 0 fully saturated rings. The molecule has 0 aliphatic carbocycles. The van der Waals surface area contributed by atoms with Gasteiger partial charge < -0.3 is 0 Å². The zero-order chi connectivity index (χ0) is 17.6. The van der Waals surface area contributed by atoms with Gasteiger partial charge in [0.25, 0.3) is 0 Å². The highest BCUT2D eigenvalue weighted by molar-refractivity contribution is 9.10. The Bertz CT molecular complexity index is 767. The Balaban J connectivity index is 0.000000368. The summed E-state index contributed by atoms with van der Waals surface area (Å²) in [7, 11) is -4.94. The molecule has 0 bridgehead atoms. The standard InChI is InChI=1S/C17H12BrO.ClHO4/c18-16-8-6-13(7-9-16)15-10-11-19-17(12-15)14-4-2-1-3-5-14;2-1(3,4)5/h1-12H;(H,2,3,4,5)/q+1;/p-1. The van der Waals surface area contributed by atoms with Crippen molar-refractivity contribution < 1.29 is 33.3 Å². The van der Waals surface area contributed by atoms with Crippen molar-refractivity contribution >= 4 is 15.9 Å². The molecule has 0 unspecified atom stereocenters. The first-order chi connectivity index (χ1) is 11.3. The van der Waals surface area contributed by atoms with E-state index in [4.69, 9.17) is 23.1 Å². The molecule has 3 aromatic rings. The number of benzene rings is 2. The van der Waals surface area contributed by atoms with E-state index in [9.17, 15) is 0 Å². The van der Waals surface area contributed by atoms with E-state index in [0.29, 0.717) is 0 Å². The lowest BCUT2D eigenvalue weighted by Gasteiger charge is -2.17. The van der Waals surface area contributed by atoms with Crippen LogP contribution >= 0.6 is 15.9 Å². The van der Waals surface area contributed by atoms with Crippen molar-refractivity contribution in [2.24, 2.45) is 0 Å². The van der Waals surface area contributed by atoms with E-state index in [2.05, 4.69) is 34.1 Å². The first kappa shape index (κ1) is 18.5. The molecular formula is C17H12BrClO5. The van der Waals surface area contributed by atoms with E-state index < -0.39 is 10.2 Å². The van der Waals surface area contributed by atoms with Crippen molar-refractivity contribution in [3.8, 4) is 22.5 Å². The topological polar surface area (TPSA) is 104 Å². The van der Waals surface area contributed by atoms with Gasteiger partial charge >= 0.3 is 12.0 Å². The molecule has 3 rings (SSSR count). The highest BCUT2D eigenvalue weighted by Gasteiger charge is 2.12. The average Bonchev–Trinajstić information content (AvgIpc) is 2.55. The van der Waals surface area contributed by atoms with Gasteiger partial charge in [-0.1, -0.05) is 46.3 Å². The summed E-state index contributed by atoms with van der Waals surface area (Å²) in [6, 6.07) is 22.4. The SMILES string of the molecule is Brc1ccc(-c2cc[o+]c(-c3ccccc3)c2)cc1.[O-][Cl+3]([O-])([O-])[O-]. The second kappa shape index (κ2) is 8.34.